The molecule has 0 spiro atoms. The summed E-state index contributed by atoms with van der Waals surface area (Å²) >= 11 is 0. The molecule has 2 heterocycles. The average Bonchev–Trinajstić information content (AvgIpc) is 2.72. The summed E-state index contributed by atoms with van der Waals surface area (Å²) in [4.78, 5) is 19.5. The summed E-state index contributed by atoms with van der Waals surface area (Å²) in [6.07, 6.45) is 0. The second-order valence-corrected chi connectivity index (χ2v) is 4.45. The maximum absolute atomic E-state index is 11.1. The summed E-state index contributed by atoms with van der Waals surface area (Å²) in [6, 6.07) is 9.55. The van der Waals surface area contributed by atoms with Gasteiger partial charge in [0.2, 0.25) is 0 Å². The molecule has 0 bridgehead atoms. The molecular weight excluding hydrogens is 242 g/mol. The minimum absolute atomic E-state index is 0.131. The molecule has 2 N–H and O–H groups in total. The molecule has 5 heteroatoms. The first-order valence-corrected chi connectivity index (χ1v) is 5.94. The molecule has 0 aliphatic heterocycles. The second kappa shape index (κ2) is 3.98. The Balaban J connectivity index is 2.45. The van der Waals surface area contributed by atoms with E-state index in [0.29, 0.717) is 0 Å². The van der Waals surface area contributed by atoms with Gasteiger partial charge < -0.3 is 9.82 Å². The van der Waals surface area contributed by atoms with Gasteiger partial charge in [-0.3, -0.25) is 5.41 Å². The lowest BCUT2D eigenvalue weighted by molar-refractivity contribution is -0.142. The van der Waals surface area contributed by atoms with E-state index >= 15 is 0 Å². The van der Waals surface area contributed by atoms with Crippen LogP contribution in [0.15, 0.2) is 30.3 Å². The zero-order valence-electron chi connectivity index (χ0n) is 10.7. The summed E-state index contributed by atoms with van der Waals surface area (Å²) in [5.41, 5.74) is 2.73. The molecule has 1 aromatic carbocycles. The standard InChI is InChI=1S/C14H13N3O2/c1-8-14-10-5-3-4-6-11(10)16-12(14)7-13(15)17(8)19-9(2)18/h3-7,15-16H,1-2H3. The topological polar surface area (TPSA) is 70.9 Å². The van der Waals surface area contributed by atoms with E-state index in [2.05, 4.69) is 4.98 Å². The first-order valence-electron chi connectivity index (χ1n) is 5.94. The lowest BCUT2D eigenvalue weighted by Crippen LogP contribution is -2.31. The van der Waals surface area contributed by atoms with Crippen molar-refractivity contribution in [2.24, 2.45) is 0 Å². The maximum Gasteiger partial charge on any atom is 0.329 e. The van der Waals surface area contributed by atoms with Crippen LogP contribution in [-0.2, 0) is 4.79 Å². The Bertz CT molecular complexity index is 858. The monoisotopic (exact) mass is 255 g/mol. The highest BCUT2D eigenvalue weighted by atomic mass is 16.7. The molecular formula is C14H13N3O2. The van der Waals surface area contributed by atoms with Gasteiger partial charge in [-0.25, -0.2) is 4.79 Å². The molecule has 0 atom stereocenters. The van der Waals surface area contributed by atoms with Gasteiger partial charge in [-0.1, -0.05) is 18.2 Å². The number of aromatic nitrogens is 2. The number of benzene rings is 1. The van der Waals surface area contributed by atoms with E-state index in [-0.39, 0.29) is 5.49 Å². The van der Waals surface area contributed by atoms with E-state index in [1.807, 2.05) is 31.2 Å². The molecule has 0 unspecified atom stereocenters. The third-order valence-electron chi connectivity index (χ3n) is 3.12. The zero-order valence-corrected chi connectivity index (χ0v) is 10.7. The number of hydrogen-bond donors (Lipinski definition) is 2. The molecule has 96 valence electrons. The van der Waals surface area contributed by atoms with Gasteiger partial charge in [0, 0.05) is 29.3 Å². The number of para-hydroxylation sites is 1. The molecule has 0 radical (unpaired) electrons. The number of H-pyrrole nitrogens is 1. The molecule has 3 rings (SSSR count). The molecule has 19 heavy (non-hydrogen) atoms. The van der Waals surface area contributed by atoms with Crippen LogP contribution < -0.4 is 10.3 Å². The number of carbonyl (C=O) groups is 1. The normalized spacial score (nSPS) is 11.1. The predicted octanol–water partition coefficient (Wildman–Crippen LogP) is 1.89. The summed E-state index contributed by atoms with van der Waals surface area (Å²) in [7, 11) is 0. The maximum atomic E-state index is 11.1. The van der Waals surface area contributed by atoms with E-state index in [0.717, 1.165) is 27.5 Å². The molecule has 2 aromatic heterocycles. The molecule has 0 aliphatic carbocycles. The smallest absolute Gasteiger partial charge is 0.329 e. The fourth-order valence-electron chi connectivity index (χ4n) is 2.38. The highest BCUT2D eigenvalue weighted by Gasteiger charge is 2.12. The third kappa shape index (κ3) is 1.71. The number of pyridine rings is 1. The van der Waals surface area contributed by atoms with Crippen LogP contribution >= 0.6 is 0 Å². The molecule has 0 fully saturated rings. The van der Waals surface area contributed by atoms with Crippen LogP contribution in [0.1, 0.15) is 12.6 Å². The predicted molar refractivity (Wildman–Crippen MR) is 71.6 cm³/mol. The molecule has 5 nitrogen and oxygen atoms in total. The minimum Gasteiger partial charge on any atom is -0.354 e. The molecule has 3 aromatic rings. The Hall–Kier alpha value is -2.56. The van der Waals surface area contributed by atoms with E-state index in [1.54, 1.807) is 6.07 Å². The SMILES string of the molecule is CC(=O)On1c(C)c2c(cc1=N)[nH]c1ccccc12. The number of aryl methyl sites for hydroxylation is 1. The van der Waals surface area contributed by atoms with Crippen molar-refractivity contribution in [3.05, 3.63) is 41.5 Å². The van der Waals surface area contributed by atoms with Crippen molar-refractivity contribution in [1.29, 1.82) is 5.41 Å². The van der Waals surface area contributed by atoms with Crippen molar-refractivity contribution in [3.8, 4) is 0 Å². The van der Waals surface area contributed by atoms with Crippen LogP contribution in [0.3, 0.4) is 0 Å². The van der Waals surface area contributed by atoms with Crippen molar-refractivity contribution in [3.63, 3.8) is 0 Å². The lowest BCUT2D eigenvalue weighted by Gasteiger charge is -2.10. The van der Waals surface area contributed by atoms with E-state index in [9.17, 15) is 4.79 Å². The fraction of sp³-hybridized carbons (Fsp3) is 0.143. The summed E-state index contributed by atoms with van der Waals surface area (Å²) in [5.74, 6) is -0.444. The Morgan fingerprint density at radius 1 is 1.32 bits per heavy atom. The molecule has 0 saturated heterocycles. The molecule has 0 aliphatic rings. The number of rotatable bonds is 1. The molecule has 0 amide bonds. The highest BCUT2D eigenvalue weighted by Crippen LogP contribution is 2.26. The average molecular weight is 255 g/mol. The van der Waals surface area contributed by atoms with Crippen molar-refractivity contribution in [2.75, 3.05) is 0 Å². The largest absolute Gasteiger partial charge is 0.354 e. The Labute approximate surface area is 108 Å². The van der Waals surface area contributed by atoms with Gasteiger partial charge >= 0.3 is 5.97 Å². The van der Waals surface area contributed by atoms with Gasteiger partial charge in [0.1, 0.15) is 0 Å². The van der Waals surface area contributed by atoms with Crippen LogP contribution in [0.2, 0.25) is 0 Å². The van der Waals surface area contributed by atoms with E-state index in [4.69, 9.17) is 10.2 Å². The lowest BCUT2D eigenvalue weighted by atomic mass is 10.1. The summed E-state index contributed by atoms with van der Waals surface area (Å²) in [5, 5.41) is 9.94. The molecule has 0 saturated carbocycles. The number of carbonyl (C=O) groups excluding carboxylic acids is 1. The Morgan fingerprint density at radius 2 is 2.05 bits per heavy atom. The van der Waals surface area contributed by atoms with Gasteiger partial charge in [0.05, 0.1) is 11.2 Å². The second-order valence-electron chi connectivity index (χ2n) is 4.45. The zero-order chi connectivity index (χ0) is 13.6. The first-order chi connectivity index (χ1) is 9.08. The van der Waals surface area contributed by atoms with Crippen LogP contribution in [0.4, 0.5) is 0 Å². The van der Waals surface area contributed by atoms with Crippen LogP contribution in [-0.4, -0.2) is 15.7 Å². The number of fused-ring (bicyclic) bond motifs is 3. The number of aromatic amines is 1. The summed E-state index contributed by atoms with van der Waals surface area (Å²) in [6.45, 7) is 3.16. The summed E-state index contributed by atoms with van der Waals surface area (Å²) < 4.78 is 1.25. The number of hydrogen-bond acceptors (Lipinski definition) is 3. The van der Waals surface area contributed by atoms with Gasteiger partial charge in [-0.05, 0) is 13.0 Å². The van der Waals surface area contributed by atoms with Gasteiger partial charge in [0.25, 0.3) is 0 Å². The fourth-order valence-corrected chi connectivity index (χ4v) is 2.38. The Kier molecular flexibility index (Phi) is 2.41. The van der Waals surface area contributed by atoms with Crippen molar-refractivity contribution < 1.29 is 9.63 Å². The first kappa shape index (κ1) is 11.5. The van der Waals surface area contributed by atoms with Crippen LogP contribution in [0, 0.1) is 12.3 Å². The van der Waals surface area contributed by atoms with Gasteiger partial charge in [-0.15, -0.1) is 0 Å². The van der Waals surface area contributed by atoms with Gasteiger partial charge in [-0.2, -0.15) is 4.73 Å². The third-order valence-corrected chi connectivity index (χ3v) is 3.12. The van der Waals surface area contributed by atoms with Crippen molar-refractivity contribution in [2.45, 2.75) is 13.8 Å². The van der Waals surface area contributed by atoms with Crippen molar-refractivity contribution in [1.82, 2.24) is 9.71 Å². The Morgan fingerprint density at radius 3 is 2.79 bits per heavy atom. The van der Waals surface area contributed by atoms with Crippen molar-refractivity contribution >= 4 is 27.8 Å². The van der Waals surface area contributed by atoms with Crippen LogP contribution in [0.5, 0.6) is 0 Å². The minimum atomic E-state index is -0.444. The quantitative estimate of drug-likeness (QED) is 0.697. The highest BCUT2D eigenvalue weighted by molar-refractivity contribution is 6.08. The number of nitrogens with one attached hydrogen (secondary N) is 2. The number of nitrogens with zero attached hydrogens (tertiary/aromatic N) is 1. The van der Waals surface area contributed by atoms with Crippen LogP contribution in [0.25, 0.3) is 21.8 Å². The van der Waals surface area contributed by atoms with E-state index in [1.165, 1.54) is 11.7 Å². The van der Waals surface area contributed by atoms with E-state index < -0.39 is 5.97 Å². The van der Waals surface area contributed by atoms with Gasteiger partial charge in [0.15, 0.2) is 5.49 Å².